The Hall–Kier alpha value is -2.56. The topological polar surface area (TPSA) is 477 Å². The van der Waals surface area contributed by atoms with Gasteiger partial charge in [-0.1, -0.05) is 0 Å². The molecule has 16 N–H and O–H groups in total. The first-order valence-electron chi connectivity index (χ1n) is 21.1. The summed E-state index contributed by atoms with van der Waals surface area (Å²) in [6.45, 7) is 0.404. The molecule has 68 heavy (non-hydrogen) atoms. The van der Waals surface area contributed by atoms with Crippen molar-refractivity contribution in [1.29, 1.82) is 0 Å². The average Bonchev–Trinajstić information content (AvgIpc) is 3.26. The van der Waals surface area contributed by atoms with E-state index in [-0.39, 0.29) is 0 Å². The quantitative estimate of drug-likeness (QED) is 0.0602. The van der Waals surface area contributed by atoms with Gasteiger partial charge in [-0.05, 0) is 6.92 Å². The standard InChI is InChI=1S/C36H61N3O28S/c1-9-20(45)26(51)28(53)35(60-9)67-31-27(52)22(47)14(6-41)63-36(31)65-29-16(8-59-68(55,56)57)64-33(18(25(29)50)38-11(3)43)58-7-15-23(48)30(19(32(54)61-15)39-12(4)44)66-34-17(37-10(2)42)24(49)21(46)13(5-40)62-34/h9,13-36,40-41,45-54H,5-8H2,1-4H3,(H,37,42)(H,38,43)(H,39,44)(H,55,56,57)/t9-,13+,14+,15+,16+,17+,18+,19+,20+,21+,22-,23-,24+,25+,26+,27-,28-,29+,30+,31+,32+,33?,34?,35?,36?/m0/s1. The van der Waals surface area contributed by atoms with Gasteiger partial charge in [0, 0.05) is 20.8 Å². The monoisotopic (exact) mass is 1020 g/mol. The Morgan fingerprint density at radius 1 is 0.485 bits per heavy atom. The van der Waals surface area contributed by atoms with E-state index in [1.165, 1.54) is 6.92 Å². The van der Waals surface area contributed by atoms with E-state index in [2.05, 4.69) is 20.1 Å². The van der Waals surface area contributed by atoms with E-state index in [1.54, 1.807) is 0 Å². The van der Waals surface area contributed by atoms with Crippen LogP contribution in [0.1, 0.15) is 27.7 Å². The lowest BCUT2D eigenvalue weighted by Gasteiger charge is -2.49. The van der Waals surface area contributed by atoms with E-state index in [0.29, 0.717) is 0 Å². The van der Waals surface area contributed by atoms with Crippen LogP contribution in [0.4, 0.5) is 0 Å². The fraction of sp³-hybridized carbons (Fsp3) is 0.917. The van der Waals surface area contributed by atoms with E-state index < -0.39 is 208 Å². The second kappa shape index (κ2) is 23.8. The second-order valence-electron chi connectivity index (χ2n) is 16.7. The molecule has 0 spiro atoms. The van der Waals surface area contributed by atoms with E-state index in [0.717, 1.165) is 20.8 Å². The van der Waals surface area contributed by atoms with Gasteiger partial charge >= 0.3 is 10.4 Å². The first-order chi connectivity index (χ1) is 31.8. The number of nitrogens with one attached hydrogen (secondary N) is 3. The number of aliphatic hydroxyl groups is 12. The molecule has 32 heteroatoms. The first kappa shape index (κ1) is 56.4. The van der Waals surface area contributed by atoms with E-state index in [9.17, 15) is 88.6 Å². The fourth-order valence-corrected chi connectivity index (χ4v) is 8.51. The molecule has 5 saturated heterocycles. The van der Waals surface area contributed by atoms with Crippen LogP contribution >= 0.6 is 0 Å². The third kappa shape index (κ3) is 13.3. The van der Waals surface area contributed by atoms with Crippen molar-refractivity contribution in [1.82, 2.24) is 16.0 Å². The Balaban J connectivity index is 1.42. The van der Waals surface area contributed by atoms with E-state index in [4.69, 9.17) is 42.6 Å². The van der Waals surface area contributed by atoms with Crippen molar-refractivity contribution in [2.45, 2.75) is 181 Å². The average molecular weight is 1020 g/mol. The smallest absolute Gasteiger partial charge is 0.394 e. The highest BCUT2D eigenvalue weighted by atomic mass is 32.3. The lowest BCUT2D eigenvalue weighted by molar-refractivity contribution is -0.383. The molecule has 5 aliphatic rings. The van der Waals surface area contributed by atoms with Gasteiger partial charge in [-0.15, -0.1) is 0 Å². The van der Waals surface area contributed by atoms with Crippen LogP contribution in [0.3, 0.4) is 0 Å². The van der Waals surface area contributed by atoms with Crippen molar-refractivity contribution >= 4 is 28.1 Å². The molecule has 4 unspecified atom stereocenters. The largest absolute Gasteiger partial charge is 0.397 e. The Labute approximate surface area is 386 Å². The number of rotatable bonds is 17. The van der Waals surface area contributed by atoms with Gasteiger partial charge < -0.3 is 120 Å². The van der Waals surface area contributed by atoms with Crippen LogP contribution in [0.5, 0.6) is 0 Å². The van der Waals surface area contributed by atoms with Crippen molar-refractivity contribution in [3.8, 4) is 0 Å². The number of ether oxygens (including phenoxy) is 9. The van der Waals surface area contributed by atoms with Gasteiger partial charge in [0.1, 0.15) is 116 Å². The van der Waals surface area contributed by atoms with Crippen LogP contribution in [0.15, 0.2) is 0 Å². The highest BCUT2D eigenvalue weighted by molar-refractivity contribution is 7.80. The minimum atomic E-state index is -5.30. The summed E-state index contributed by atoms with van der Waals surface area (Å²) in [4.78, 5) is 36.9. The molecular weight excluding hydrogens is 954 g/mol. The van der Waals surface area contributed by atoms with Gasteiger partial charge in [-0.3, -0.25) is 18.9 Å². The normalized spacial score (nSPS) is 45.8. The summed E-state index contributed by atoms with van der Waals surface area (Å²) in [5.74, 6) is -2.39. The third-order valence-electron chi connectivity index (χ3n) is 11.7. The molecule has 5 rings (SSSR count). The predicted octanol–water partition coefficient (Wildman–Crippen LogP) is -10.6. The second-order valence-corrected chi connectivity index (χ2v) is 17.8. The molecule has 0 radical (unpaired) electrons. The zero-order valence-corrected chi connectivity index (χ0v) is 37.4. The van der Waals surface area contributed by atoms with Crippen LogP contribution in [0, 0.1) is 0 Å². The lowest BCUT2D eigenvalue weighted by atomic mass is 9.94. The molecule has 0 aromatic carbocycles. The number of hydrogen-bond acceptors (Lipinski definition) is 27. The first-order valence-corrected chi connectivity index (χ1v) is 22.5. The molecule has 5 heterocycles. The summed E-state index contributed by atoms with van der Waals surface area (Å²) in [5.41, 5.74) is 0. The third-order valence-corrected chi connectivity index (χ3v) is 12.1. The summed E-state index contributed by atoms with van der Waals surface area (Å²) in [7, 11) is -5.30. The number of carbonyl (C=O) groups is 3. The maximum atomic E-state index is 12.6. The predicted molar refractivity (Wildman–Crippen MR) is 210 cm³/mol. The summed E-state index contributed by atoms with van der Waals surface area (Å²) in [6.07, 6.45) is -40.7. The summed E-state index contributed by atoms with van der Waals surface area (Å²) in [6, 6.07) is -4.99. The fourth-order valence-electron chi connectivity index (χ4n) is 8.21. The maximum Gasteiger partial charge on any atom is 0.397 e. The molecule has 0 saturated carbocycles. The van der Waals surface area contributed by atoms with Crippen molar-refractivity contribution in [3.05, 3.63) is 0 Å². The van der Waals surface area contributed by atoms with Crippen LogP contribution < -0.4 is 16.0 Å². The molecule has 3 amide bonds. The van der Waals surface area contributed by atoms with Crippen molar-refractivity contribution in [2.75, 3.05) is 26.4 Å². The zero-order valence-electron chi connectivity index (χ0n) is 36.6. The SMILES string of the molecule is CC(=O)N[C@@H]1[C@@H](OC2O[C@H](CO)[C@@H](O)[C@H](O)[C@H]2NC(C)=O)[C@@H](O)[C@@H](COC2O[C@H](COS(=O)(=O)O)[C@@H](OC3O[C@H](CO)[C@H](O)[C@H](O)[C@H]3OC3O[C@@H](C)[C@@H](O)[C@@H](O)[C@@H]3O)[C@H](O)[C@H]2NC(C)=O)O[C@H]1O. The van der Waals surface area contributed by atoms with Crippen molar-refractivity contribution in [2.24, 2.45) is 0 Å². The van der Waals surface area contributed by atoms with Gasteiger partial charge in [-0.25, -0.2) is 4.18 Å². The van der Waals surface area contributed by atoms with E-state index in [1.807, 2.05) is 0 Å². The molecular formula is C36H61N3O28S. The molecule has 31 nitrogen and oxygen atoms in total. The molecule has 5 fully saturated rings. The van der Waals surface area contributed by atoms with Crippen molar-refractivity contribution < 1.29 is 135 Å². The van der Waals surface area contributed by atoms with Crippen molar-refractivity contribution in [3.63, 3.8) is 0 Å². The zero-order chi connectivity index (χ0) is 50.7. The number of amides is 3. The number of aliphatic hydroxyl groups excluding tert-OH is 12. The molecule has 394 valence electrons. The molecule has 0 bridgehead atoms. The van der Waals surface area contributed by atoms with Crippen LogP contribution in [0.2, 0.25) is 0 Å². The highest BCUT2D eigenvalue weighted by Crippen LogP contribution is 2.35. The maximum absolute atomic E-state index is 12.6. The Morgan fingerprint density at radius 3 is 1.54 bits per heavy atom. The van der Waals surface area contributed by atoms with Gasteiger partial charge in [0.25, 0.3) is 0 Å². The molecule has 5 aliphatic heterocycles. The molecule has 0 aliphatic carbocycles. The highest BCUT2D eigenvalue weighted by Gasteiger charge is 2.56. The van der Waals surface area contributed by atoms with Gasteiger partial charge in [0.15, 0.2) is 31.5 Å². The summed E-state index contributed by atoms with van der Waals surface area (Å²) in [5, 5.41) is 136. The minimum Gasteiger partial charge on any atom is -0.394 e. The van der Waals surface area contributed by atoms with Crippen LogP contribution in [-0.4, -0.2) is 272 Å². The Kier molecular flexibility index (Phi) is 19.7. The van der Waals surface area contributed by atoms with Gasteiger partial charge in [0.05, 0.1) is 32.5 Å². The minimum absolute atomic E-state index is 0.745. The van der Waals surface area contributed by atoms with Gasteiger partial charge in [0.2, 0.25) is 17.7 Å². The Morgan fingerprint density at radius 2 is 0.985 bits per heavy atom. The summed E-state index contributed by atoms with van der Waals surface area (Å²) >= 11 is 0. The number of hydrogen-bond donors (Lipinski definition) is 16. The van der Waals surface area contributed by atoms with E-state index >= 15 is 0 Å². The molecule has 25 atom stereocenters. The Bertz CT molecular complexity index is 1790. The molecule has 0 aromatic heterocycles. The summed E-state index contributed by atoms with van der Waals surface area (Å²) < 4.78 is 89.2. The lowest BCUT2D eigenvalue weighted by Crippen LogP contribution is -2.70. The van der Waals surface area contributed by atoms with Crippen LogP contribution in [0.25, 0.3) is 0 Å². The van der Waals surface area contributed by atoms with Gasteiger partial charge in [-0.2, -0.15) is 8.42 Å². The van der Waals surface area contributed by atoms with Crippen LogP contribution in [-0.2, 0) is 71.6 Å². The molecule has 0 aromatic rings. The number of carbonyl (C=O) groups excluding carboxylic acids is 3.